The first-order valence-corrected chi connectivity index (χ1v) is 8.90. The van der Waals surface area contributed by atoms with Crippen LogP contribution in [0.25, 0.3) is 0 Å². The molecule has 1 N–H and O–H groups in total. The van der Waals surface area contributed by atoms with Crippen molar-refractivity contribution < 1.29 is 9.53 Å². The van der Waals surface area contributed by atoms with Gasteiger partial charge in [0.25, 0.3) is 5.91 Å². The summed E-state index contributed by atoms with van der Waals surface area (Å²) in [6, 6.07) is 24.7. The Morgan fingerprint density at radius 3 is 2.27 bits per heavy atom. The van der Waals surface area contributed by atoms with E-state index in [1.54, 1.807) is 12.1 Å². The second-order valence-corrected chi connectivity index (χ2v) is 6.30. The summed E-state index contributed by atoms with van der Waals surface area (Å²) in [4.78, 5) is 12.7. The third kappa shape index (κ3) is 4.31. The van der Waals surface area contributed by atoms with Crippen LogP contribution in [0.2, 0.25) is 0 Å². The maximum absolute atomic E-state index is 12.7. The lowest BCUT2D eigenvalue weighted by molar-refractivity contribution is 0.102. The lowest BCUT2D eigenvalue weighted by atomic mass is 9.98. The number of para-hydroxylation sites is 2. The van der Waals surface area contributed by atoms with E-state index < -0.39 is 0 Å². The fourth-order valence-electron chi connectivity index (χ4n) is 2.69. The van der Waals surface area contributed by atoms with E-state index in [-0.39, 0.29) is 5.91 Å². The molecule has 0 heterocycles. The molecular formula is C23H23NO2. The highest BCUT2D eigenvalue weighted by molar-refractivity contribution is 6.06. The highest BCUT2D eigenvalue weighted by Gasteiger charge is 2.13. The number of hydrogen-bond donors (Lipinski definition) is 1. The van der Waals surface area contributed by atoms with Crippen LogP contribution in [0.5, 0.6) is 11.5 Å². The molecule has 0 aliphatic carbocycles. The van der Waals surface area contributed by atoms with Crippen LogP contribution < -0.4 is 10.1 Å². The minimum Gasteiger partial charge on any atom is -0.457 e. The Morgan fingerprint density at radius 2 is 1.58 bits per heavy atom. The van der Waals surface area contributed by atoms with Crippen LogP contribution in [0.1, 0.15) is 42.1 Å². The van der Waals surface area contributed by atoms with Crippen molar-refractivity contribution in [3.63, 3.8) is 0 Å². The first kappa shape index (κ1) is 17.7. The van der Waals surface area contributed by atoms with Gasteiger partial charge < -0.3 is 10.1 Å². The van der Waals surface area contributed by atoms with E-state index in [9.17, 15) is 4.79 Å². The molecule has 3 nitrogen and oxygen atoms in total. The quantitative estimate of drug-likeness (QED) is 0.574. The summed E-state index contributed by atoms with van der Waals surface area (Å²) in [5.74, 6) is 1.56. The molecule has 3 aromatic rings. The summed E-state index contributed by atoms with van der Waals surface area (Å²) in [7, 11) is 0. The monoisotopic (exact) mass is 345 g/mol. The minimum absolute atomic E-state index is 0.187. The fourth-order valence-corrected chi connectivity index (χ4v) is 2.69. The predicted molar refractivity (Wildman–Crippen MR) is 106 cm³/mol. The second kappa shape index (κ2) is 8.34. The van der Waals surface area contributed by atoms with Gasteiger partial charge in [-0.3, -0.25) is 4.79 Å². The van der Waals surface area contributed by atoms with E-state index in [0.29, 0.717) is 23.0 Å². The first-order valence-electron chi connectivity index (χ1n) is 8.90. The average molecular weight is 345 g/mol. The standard InChI is InChI=1S/C23H23NO2/c1-3-17(2)18-13-15-19(16-14-18)24-23(25)21-11-7-8-12-22(21)26-20-9-5-4-6-10-20/h4-17H,3H2,1-2H3,(H,24,25)/t17-/m0/s1. The maximum atomic E-state index is 12.7. The third-order valence-electron chi connectivity index (χ3n) is 4.45. The smallest absolute Gasteiger partial charge is 0.259 e. The lowest BCUT2D eigenvalue weighted by Gasteiger charge is -2.13. The number of carbonyl (C=O) groups excluding carboxylic acids is 1. The molecule has 3 heteroatoms. The summed E-state index contributed by atoms with van der Waals surface area (Å²) in [6.07, 6.45) is 1.09. The van der Waals surface area contributed by atoms with E-state index in [4.69, 9.17) is 4.74 Å². The van der Waals surface area contributed by atoms with Crippen molar-refractivity contribution in [2.75, 3.05) is 5.32 Å². The van der Waals surface area contributed by atoms with Crippen LogP contribution >= 0.6 is 0 Å². The third-order valence-corrected chi connectivity index (χ3v) is 4.45. The van der Waals surface area contributed by atoms with Gasteiger partial charge in [0.15, 0.2) is 0 Å². The highest BCUT2D eigenvalue weighted by atomic mass is 16.5. The molecule has 0 aliphatic rings. The Morgan fingerprint density at radius 1 is 0.923 bits per heavy atom. The molecule has 0 saturated heterocycles. The number of nitrogens with one attached hydrogen (secondary N) is 1. The lowest BCUT2D eigenvalue weighted by Crippen LogP contribution is -2.13. The summed E-state index contributed by atoms with van der Waals surface area (Å²) in [6.45, 7) is 4.37. The van der Waals surface area contributed by atoms with Crippen LogP contribution in [0.3, 0.4) is 0 Å². The molecule has 0 saturated carbocycles. The van der Waals surface area contributed by atoms with Crippen molar-refractivity contribution in [2.45, 2.75) is 26.2 Å². The molecule has 3 rings (SSSR count). The van der Waals surface area contributed by atoms with Gasteiger partial charge in [-0.25, -0.2) is 0 Å². The zero-order valence-electron chi connectivity index (χ0n) is 15.1. The number of rotatable bonds is 6. The van der Waals surface area contributed by atoms with E-state index in [1.807, 2.05) is 54.6 Å². The Kier molecular flexibility index (Phi) is 5.69. The summed E-state index contributed by atoms with van der Waals surface area (Å²) >= 11 is 0. The van der Waals surface area contributed by atoms with Crippen molar-refractivity contribution >= 4 is 11.6 Å². The Hall–Kier alpha value is -3.07. The van der Waals surface area contributed by atoms with E-state index in [0.717, 1.165) is 12.1 Å². The van der Waals surface area contributed by atoms with Gasteiger partial charge in [0.1, 0.15) is 11.5 Å². The molecule has 0 spiro atoms. The van der Waals surface area contributed by atoms with Gasteiger partial charge in [0, 0.05) is 5.69 Å². The van der Waals surface area contributed by atoms with Crippen LogP contribution in [-0.4, -0.2) is 5.91 Å². The molecule has 132 valence electrons. The van der Waals surface area contributed by atoms with Crippen molar-refractivity contribution in [2.24, 2.45) is 0 Å². The molecule has 0 fully saturated rings. The van der Waals surface area contributed by atoms with Gasteiger partial charge in [-0.2, -0.15) is 0 Å². The maximum Gasteiger partial charge on any atom is 0.259 e. The van der Waals surface area contributed by atoms with Gasteiger partial charge in [-0.05, 0) is 54.3 Å². The summed E-state index contributed by atoms with van der Waals surface area (Å²) < 4.78 is 5.87. The van der Waals surface area contributed by atoms with Crippen molar-refractivity contribution in [3.8, 4) is 11.5 Å². The SMILES string of the molecule is CC[C@H](C)c1ccc(NC(=O)c2ccccc2Oc2ccccc2)cc1. The predicted octanol–water partition coefficient (Wildman–Crippen LogP) is 6.24. The fraction of sp³-hybridized carbons (Fsp3) is 0.174. The molecule has 0 aliphatic heterocycles. The number of carbonyl (C=O) groups is 1. The topological polar surface area (TPSA) is 38.3 Å². The van der Waals surface area contributed by atoms with Crippen LogP contribution in [0.15, 0.2) is 78.9 Å². The molecule has 26 heavy (non-hydrogen) atoms. The minimum atomic E-state index is -0.187. The Bertz CT molecular complexity index is 857. The van der Waals surface area contributed by atoms with E-state index >= 15 is 0 Å². The molecule has 0 unspecified atom stereocenters. The van der Waals surface area contributed by atoms with Gasteiger partial charge >= 0.3 is 0 Å². The zero-order chi connectivity index (χ0) is 18.4. The van der Waals surface area contributed by atoms with E-state index in [1.165, 1.54) is 5.56 Å². The van der Waals surface area contributed by atoms with Gasteiger partial charge in [-0.15, -0.1) is 0 Å². The Labute approximate surface area is 154 Å². The van der Waals surface area contributed by atoms with Crippen LogP contribution in [0.4, 0.5) is 5.69 Å². The summed E-state index contributed by atoms with van der Waals surface area (Å²) in [5, 5.41) is 2.95. The normalized spacial score (nSPS) is 11.6. The first-order chi connectivity index (χ1) is 12.7. The molecule has 0 radical (unpaired) electrons. The molecule has 1 amide bonds. The number of hydrogen-bond acceptors (Lipinski definition) is 2. The molecule has 0 aromatic heterocycles. The van der Waals surface area contributed by atoms with Crippen molar-refractivity contribution in [3.05, 3.63) is 90.0 Å². The number of anilines is 1. The zero-order valence-corrected chi connectivity index (χ0v) is 15.1. The largest absolute Gasteiger partial charge is 0.457 e. The van der Waals surface area contributed by atoms with Gasteiger partial charge in [0.2, 0.25) is 0 Å². The molecular weight excluding hydrogens is 322 g/mol. The van der Waals surface area contributed by atoms with Crippen molar-refractivity contribution in [1.29, 1.82) is 0 Å². The molecule has 1 atom stereocenters. The number of benzene rings is 3. The molecule has 0 bridgehead atoms. The van der Waals surface area contributed by atoms with Gasteiger partial charge in [-0.1, -0.05) is 56.3 Å². The average Bonchev–Trinajstić information content (AvgIpc) is 2.69. The van der Waals surface area contributed by atoms with Gasteiger partial charge in [0.05, 0.1) is 5.56 Å². The van der Waals surface area contributed by atoms with Crippen LogP contribution in [0, 0.1) is 0 Å². The van der Waals surface area contributed by atoms with Crippen LogP contribution in [-0.2, 0) is 0 Å². The number of amides is 1. The van der Waals surface area contributed by atoms with Crippen molar-refractivity contribution in [1.82, 2.24) is 0 Å². The Balaban J connectivity index is 1.76. The highest BCUT2D eigenvalue weighted by Crippen LogP contribution is 2.26. The van der Waals surface area contributed by atoms with E-state index in [2.05, 4.69) is 31.3 Å². The molecule has 3 aromatic carbocycles. The summed E-state index contributed by atoms with van der Waals surface area (Å²) in [5.41, 5.74) is 2.55. The number of ether oxygens (including phenoxy) is 1. The second-order valence-electron chi connectivity index (χ2n) is 6.30.